The molecule has 0 aliphatic carbocycles. The maximum absolute atomic E-state index is 12.9. The van der Waals surface area contributed by atoms with E-state index < -0.39 is 23.7 Å². The summed E-state index contributed by atoms with van der Waals surface area (Å²) in [4.78, 5) is 24.4. The Kier molecular flexibility index (Phi) is 6.52. The molecule has 1 heterocycles. The summed E-state index contributed by atoms with van der Waals surface area (Å²) in [5.41, 5.74) is 1.78. The largest absolute Gasteiger partial charge is 0.465 e. The lowest BCUT2D eigenvalue weighted by Gasteiger charge is -2.12. The minimum absolute atomic E-state index is 0.00651. The number of urea groups is 1. The number of alkyl halides is 3. The van der Waals surface area contributed by atoms with Crippen molar-refractivity contribution in [3.05, 3.63) is 76.6 Å². The predicted molar refractivity (Wildman–Crippen MR) is 113 cm³/mol. The van der Waals surface area contributed by atoms with E-state index in [0.717, 1.165) is 12.1 Å². The second kappa shape index (κ2) is 9.13. The summed E-state index contributed by atoms with van der Waals surface area (Å²) in [6.45, 7) is 3.69. The van der Waals surface area contributed by atoms with Crippen molar-refractivity contribution in [3.63, 3.8) is 0 Å². The molecular weight excluding hydrogens is 425 g/mol. The zero-order chi connectivity index (χ0) is 23.5. The van der Waals surface area contributed by atoms with Gasteiger partial charge in [0.2, 0.25) is 0 Å². The normalized spacial score (nSPS) is 11.2. The summed E-state index contributed by atoms with van der Waals surface area (Å²) in [5.74, 6) is -0.471. The van der Waals surface area contributed by atoms with Gasteiger partial charge in [0.05, 0.1) is 41.9 Å². The van der Waals surface area contributed by atoms with Crippen LogP contribution in [0.4, 0.5) is 29.3 Å². The van der Waals surface area contributed by atoms with Crippen LogP contribution in [0.2, 0.25) is 0 Å². The van der Waals surface area contributed by atoms with Gasteiger partial charge < -0.3 is 15.4 Å². The summed E-state index contributed by atoms with van der Waals surface area (Å²) in [6, 6.07) is 10.6. The van der Waals surface area contributed by atoms with Gasteiger partial charge in [-0.1, -0.05) is 24.3 Å². The quantitative estimate of drug-likeness (QED) is 0.541. The van der Waals surface area contributed by atoms with Gasteiger partial charge in [-0.15, -0.1) is 0 Å². The Bertz CT molecular complexity index is 1160. The Morgan fingerprint density at radius 2 is 1.78 bits per heavy atom. The summed E-state index contributed by atoms with van der Waals surface area (Å²) in [6.07, 6.45) is -4.51. The molecule has 168 valence electrons. The van der Waals surface area contributed by atoms with E-state index in [-0.39, 0.29) is 12.2 Å². The standard InChI is InChI=1S/C22H21F3N4O3/c1-13-19(27-21(31)26-17-9-6-8-16(11-17)22(23,24)25)14(2)29(28-13)12-15-7-4-5-10-18(15)20(30)32-3/h4-11H,12H2,1-3H3,(H2,26,27,31). The summed E-state index contributed by atoms with van der Waals surface area (Å²) < 4.78 is 45.0. The number of aryl methyl sites for hydroxylation is 1. The van der Waals surface area contributed by atoms with E-state index in [4.69, 9.17) is 4.74 Å². The van der Waals surface area contributed by atoms with Gasteiger partial charge in [-0.3, -0.25) is 4.68 Å². The van der Waals surface area contributed by atoms with Crippen LogP contribution in [0.15, 0.2) is 48.5 Å². The number of ether oxygens (including phenoxy) is 1. The number of amides is 2. The number of methoxy groups -OCH3 is 1. The highest BCUT2D eigenvalue weighted by atomic mass is 19.4. The summed E-state index contributed by atoms with van der Waals surface area (Å²) >= 11 is 0. The van der Waals surface area contributed by atoms with E-state index >= 15 is 0 Å². The van der Waals surface area contributed by atoms with E-state index in [1.807, 2.05) is 0 Å². The van der Waals surface area contributed by atoms with Crippen LogP contribution in [-0.4, -0.2) is 28.9 Å². The van der Waals surface area contributed by atoms with Crippen LogP contribution < -0.4 is 10.6 Å². The molecule has 0 atom stereocenters. The number of carbonyl (C=O) groups excluding carboxylic acids is 2. The van der Waals surface area contributed by atoms with Crippen LogP contribution in [0.1, 0.15) is 32.9 Å². The second-order valence-corrected chi connectivity index (χ2v) is 7.01. The number of hydrogen-bond acceptors (Lipinski definition) is 4. The molecular formula is C22H21F3N4O3. The molecule has 3 aromatic rings. The van der Waals surface area contributed by atoms with Crippen molar-refractivity contribution in [1.82, 2.24) is 9.78 Å². The van der Waals surface area contributed by atoms with Crippen molar-refractivity contribution in [2.75, 3.05) is 17.7 Å². The Hall–Kier alpha value is -3.82. The van der Waals surface area contributed by atoms with Gasteiger partial charge in [0.1, 0.15) is 0 Å². The average Bonchev–Trinajstić information content (AvgIpc) is 3.00. The molecule has 2 N–H and O–H groups in total. The van der Waals surface area contributed by atoms with Gasteiger partial charge in [-0.25, -0.2) is 9.59 Å². The van der Waals surface area contributed by atoms with Gasteiger partial charge in [0.15, 0.2) is 0 Å². The van der Waals surface area contributed by atoms with Crippen molar-refractivity contribution in [2.45, 2.75) is 26.6 Å². The zero-order valence-electron chi connectivity index (χ0n) is 17.6. The second-order valence-electron chi connectivity index (χ2n) is 7.01. The minimum Gasteiger partial charge on any atom is -0.465 e. The third-order valence-electron chi connectivity index (χ3n) is 4.81. The SMILES string of the molecule is COC(=O)c1ccccc1Cn1nc(C)c(NC(=O)Nc2cccc(C(F)(F)F)c2)c1C. The molecule has 0 saturated heterocycles. The minimum atomic E-state index is -4.51. The lowest BCUT2D eigenvalue weighted by atomic mass is 10.1. The molecule has 3 rings (SSSR count). The average molecular weight is 446 g/mol. The van der Waals surface area contributed by atoms with E-state index in [1.54, 1.807) is 42.8 Å². The van der Waals surface area contributed by atoms with E-state index in [2.05, 4.69) is 15.7 Å². The molecule has 0 aliphatic heterocycles. The van der Waals surface area contributed by atoms with Crippen LogP contribution in [0, 0.1) is 13.8 Å². The predicted octanol–water partition coefficient (Wildman–Crippen LogP) is 5.00. The lowest BCUT2D eigenvalue weighted by molar-refractivity contribution is -0.137. The fourth-order valence-corrected chi connectivity index (χ4v) is 3.21. The first kappa shape index (κ1) is 22.9. The Balaban J connectivity index is 1.77. The molecule has 0 spiro atoms. The number of hydrogen-bond donors (Lipinski definition) is 2. The first-order valence-corrected chi connectivity index (χ1v) is 9.55. The van der Waals surface area contributed by atoms with Gasteiger partial charge in [0.25, 0.3) is 0 Å². The van der Waals surface area contributed by atoms with Crippen molar-refractivity contribution < 1.29 is 27.5 Å². The number of aromatic nitrogens is 2. The fourth-order valence-electron chi connectivity index (χ4n) is 3.21. The number of nitrogens with one attached hydrogen (secondary N) is 2. The highest BCUT2D eigenvalue weighted by Crippen LogP contribution is 2.30. The molecule has 0 bridgehead atoms. The summed E-state index contributed by atoms with van der Waals surface area (Å²) in [5, 5.41) is 9.44. The first-order valence-electron chi connectivity index (χ1n) is 9.55. The van der Waals surface area contributed by atoms with E-state index in [9.17, 15) is 22.8 Å². The molecule has 0 unspecified atom stereocenters. The van der Waals surface area contributed by atoms with Crippen molar-refractivity contribution in [1.29, 1.82) is 0 Å². The topological polar surface area (TPSA) is 85.2 Å². The van der Waals surface area contributed by atoms with E-state index in [1.165, 1.54) is 19.2 Å². The number of esters is 1. The fraction of sp³-hybridized carbons (Fsp3) is 0.227. The Labute approximate surface area is 182 Å². The molecule has 7 nitrogen and oxygen atoms in total. The molecule has 0 aliphatic rings. The molecule has 2 amide bonds. The number of anilines is 2. The van der Waals surface area contributed by atoms with Gasteiger partial charge in [-0.05, 0) is 43.7 Å². The highest BCUT2D eigenvalue weighted by Gasteiger charge is 2.30. The van der Waals surface area contributed by atoms with Crippen LogP contribution in [-0.2, 0) is 17.5 Å². The molecule has 2 aromatic carbocycles. The van der Waals surface area contributed by atoms with E-state index in [0.29, 0.717) is 28.2 Å². The summed E-state index contributed by atoms with van der Waals surface area (Å²) in [7, 11) is 1.30. The third-order valence-corrected chi connectivity index (χ3v) is 4.81. The van der Waals surface area contributed by atoms with Crippen LogP contribution in [0.5, 0.6) is 0 Å². The molecule has 32 heavy (non-hydrogen) atoms. The van der Waals surface area contributed by atoms with Gasteiger partial charge in [0, 0.05) is 5.69 Å². The number of carbonyl (C=O) groups is 2. The van der Waals surface area contributed by atoms with Gasteiger partial charge >= 0.3 is 18.2 Å². The Morgan fingerprint density at radius 3 is 2.47 bits per heavy atom. The van der Waals surface area contributed by atoms with Crippen molar-refractivity contribution in [3.8, 4) is 0 Å². The van der Waals surface area contributed by atoms with Crippen molar-refractivity contribution in [2.24, 2.45) is 0 Å². The maximum Gasteiger partial charge on any atom is 0.416 e. The van der Waals surface area contributed by atoms with Gasteiger partial charge in [-0.2, -0.15) is 18.3 Å². The Morgan fingerprint density at radius 1 is 1.06 bits per heavy atom. The maximum atomic E-state index is 12.9. The highest BCUT2D eigenvalue weighted by molar-refractivity contribution is 6.00. The van der Waals surface area contributed by atoms with Crippen LogP contribution in [0.3, 0.4) is 0 Å². The molecule has 10 heteroatoms. The van der Waals surface area contributed by atoms with Crippen LogP contribution in [0.25, 0.3) is 0 Å². The molecule has 1 aromatic heterocycles. The number of nitrogens with zero attached hydrogens (tertiary/aromatic N) is 2. The zero-order valence-corrected chi connectivity index (χ0v) is 17.6. The molecule has 0 saturated carbocycles. The first-order chi connectivity index (χ1) is 15.1. The molecule has 0 fully saturated rings. The monoisotopic (exact) mass is 446 g/mol. The van der Waals surface area contributed by atoms with Crippen molar-refractivity contribution >= 4 is 23.4 Å². The van der Waals surface area contributed by atoms with Crippen LogP contribution >= 0.6 is 0 Å². The number of halogens is 3. The molecule has 0 radical (unpaired) electrons. The third kappa shape index (κ3) is 5.08. The smallest absolute Gasteiger partial charge is 0.416 e. The number of benzene rings is 2. The number of rotatable bonds is 5. The lowest BCUT2D eigenvalue weighted by Crippen LogP contribution is -2.20.